The summed E-state index contributed by atoms with van der Waals surface area (Å²) in [5.74, 6) is 0.656. The molecule has 0 spiro atoms. The molecule has 4 heteroatoms. The molecule has 1 amide bonds. The molecule has 0 bridgehead atoms. The van der Waals surface area contributed by atoms with Gasteiger partial charge in [0.05, 0.1) is 12.2 Å². The lowest BCUT2D eigenvalue weighted by molar-refractivity contribution is -0.142. The number of nitrogens with zero attached hydrogens (tertiary/aromatic N) is 1. The molecule has 1 atom stereocenters. The van der Waals surface area contributed by atoms with Gasteiger partial charge in [-0.05, 0) is 40.0 Å². The summed E-state index contributed by atoms with van der Waals surface area (Å²) < 4.78 is 11.0. The van der Waals surface area contributed by atoms with Crippen molar-refractivity contribution >= 4 is 5.91 Å². The maximum atomic E-state index is 12.2. The summed E-state index contributed by atoms with van der Waals surface area (Å²) in [6.45, 7) is 8.63. The molecule has 0 N–H and O–H groups in total. The lowest BCUT2D eigenvalue weighted by Crippen LogP contribution is -2.41. The van der Waals surface area contributed by atoms with Crippen molar-refractivity contribution in [1.82, 2.24) is 4.90 Å². The zero-order valence-corrected chi connectivity index (χ0v) is 11.8. The predicted molar refractivity (Wildman–Crippen MR) is 69.4 cm³/mol. The highest BCUT2D eigenvalue weighted by atomic mass is 16.5. The zero-order valence-electron chi connectivity index (χ0n) is 11.8. The second kappa shape index (κ2) is 5.57. The van der Waals surface area contributed by atoms with Gasteiger partial charge in [0.25, 0.3) is 0 Å². The highest BCUT2D eigenvalue weighted by Gasteiger charge is 2.35. The Labute approximate surface area is 110 Å². The van der Waals surface area contributed by atoms with E-state index in [0.29, 0.717) is 12.0 Å². The summed E-state index contributed by atoms with van der Waals surface area (Å²) in [5.41, 5.74) is -0.249. The van der Waals surface area contributed by atoms with E-state index in [1.165, 1.54) is 0 Å². The van der Waals surface area contributed by atoms with Crippen LogP contribution in [0, 0.1) is 5.92 Å². The average molecular weight is 255 g/mol. The van der Waals surface area contributed by atoms with Crippen LogP contribution >= 0.6 is 0 Å². The second-order valence-electron chi connectivity index (χ2n) is 6.41. The SMILES string of the molecule is CC(C)(C)OCC(=O)N(CC1CCOC1)C1CC1. The maximum Gasteiger partial charge on any atom is 0.248 e. The summed E-state index contributed by atoms with van der Waals surface area (Å²) in [6, 6.07) is 0.460. The Morgan fingerprint density at radius 1 is 1.33 bits per heavy atom. The number of amides is 1. The molecule has 104 valence electrons. The fourth-order valence-corrected chi connectivity index (χ4v) is 2.21. The largest absolute Gasteiger partial charge is 0.381 e. The Kier molecular flexibility index (Phi) is 4.28. The summed E-state index contributed by atoms with van der Waals surface area (Å²) in [4.78, 5) is 14.2. The minimum atomic E-state index is -0.249. The van der Waals surface area contributed by atoms with Crippen molar-refractivity contribution in [1.29, 1.82) is 0 Å². The predicted octanol–water partition coefficient (Wildman–Crippen LogP) is 1.83. The van der Waals surface area contributed by atoms with Gasteiger partial charge in [0.15, 0.2) is 0 Å². The molecule has 0 aromatic heterocycles. The van der Waals surface area contributed by atoms with Crippen LogP contribution in [0.25, 0.3) is 0 Å². The minimum Gasteiger partial charge on any atom is -0.381 e. The van der Waals surface area contributed by atoms with Gasteiger partial charge in [-0.15, -0.1) is 0 Å². The van der Waals surface area contributed by atoms with Crippen LogP contribution in [-0.4, -0.2) is 48.8 Å². The van der Waals surface area contributed by atoms with E-state index in [2.05, 4.69) is 0 Å². The fraction of sp³-hybridized carbons (Fsp3) is 0.929. The van der Waals surface area contributed by atoms with Crippen molar-refractivity contribution in [3.05, 3.63) is 0 Å². The van der Waals surface area contributed by atoms with Crippen LogP contribution in [0.5, 0.6) is 0 Å². The monoisotopic (exact) mass is 255 g/mol. The molecule has 1 saturated carbocycles. The van der Waals surface area contributed by atoms with E-state index in [0.717, 1.165) is 39.0 Å². The van der Waals surface area contributed by atoms with Crippen LogP contribution < -0.4 is 0 Å². The highest BCUT2D eigenvalue weighted by Crippen LogP contribution is 2.29. The van der Waals surface area contributed by atoms with Crippen LogP contribution in [0.4, 0.5) is 0 Å². The quantitative estimate of drug-likeness (QED) is 0.752. The molecule has 0 aromatic rings. The first kappa shape index (κ1) is 13.8. The van der Waals surface area contributed by atoms with E-state index in [4.69, 9.17) is 9.47 Å². The summed E-state index contributed by atoms with van der Waals surface area (Å²) in [5, 5.41) is 0. The van der Waals surface area contributed by atoms with Crippen molar-refractivity contribution < 1.29 is 14.3 Å². The molecule has 2 rings (SSSR count). The molecule has 18 heavy (non-hydrogen) atoms. The summed E-state index contributed by atoms with van der Waals surface area (Å²) in [6.07, 6.45) is 3.38. The Bertz CT molecular complexity index is 288. The van der Waals surface area contributed by atoms with Gasteiger partial charge in [0.1, 0.15) is 6.61 Å². The molecule has 2 fully saturated rings. The third-order valence-electron chi connectivity index (χ3n) is 3.42. The molecule has 1 unspecified atom stereocenters. The van der Waals surface area contributed by atoms with Crippen LogP contribution in [0.1, 0.15) is 40.0 Å². The number of carbonyl (C=O) groups excluding carboxylic acids is 1. The summed E-state index contributed by atoms with van der Waals surface area (Å²) in [7, 11) is 0. The number of carbonyl (C=O) groups is 1. The Balaban J connectivity index is 1.82. The van der Waals surface area contributed by atoms with Gasteiger partial charge in [-0.2, -0.15) is 0 Å². The zero-order chi connectivity index (χ0) is 13.2. The van der Waals surface area contributed by atoms with Crippen LogP contribution in [0.2, 0.25) is 0 Å². The average Bonchev–Trinajstić information content (AvgIpc) is 2.99. The number of hydrogen-bond acceptors (Lipinski definition) is 3. The Morgan fingerprint density at radius 2 is 2.06 bits per heavy atom. The molecular formula is C14H25NO3. The van der Waals surface area contributed by atoms with Gasteiger partial charge in [0.2, 0.25) is 5.91 Å². The molecule has 4 nitrogen and oxygen atoms in total. The number of rotatable bonds is 5. The number of ether oxygens (including phenoxy) is 2. The van der Waals surface area contributed by atoms with Crippen molar-refractivity contribution in [2.45, 2.75) is 51.7 Å². The lowest BCUT2D eigenvalue weighted by atomic mass is 10.1. The lowest BCUT2D eigenvalue weighted by Gasteiger charge is -2.27. The first-order chi connectivity index (χ1) is 8.46. The molecule has 1 aliphatic carbocycles. The second-order valence-corrected chi connectivity index (χ2v) is 6.41. The molecule has 1 saturated heterocycles. The minimum absolute atomic E-state index is 0.138. The van der Waals surface area contributed by atoms with Gasteiger partial charge in [-0.3, -0.25) is 4.79 Å². The van der Waals surface area contributed by atoms with Crippen LogP contribution in [0.3, 0.4) is 0 Å². The topological polar surface area (TPSA) is 38.8 Å². The van der Waals surface area contributed by atoms with Crippen molar-refractivity contribution in [3.8, 4) is 0 Å². The molecule has 2 aliphatic rings. The Hall–Kier alpha value is -0.610. The molecule has 1 heterocycles. The van der Waals surface area contributed by atoms with Gasteiger partial charge in [-0.1, -0.05) is 0 Å². The van der Waals surface area contributed by atoms with E-state index in [1.54, 1.807) is 0 Å². The van der Waals surface area contributed by atoms with Gasteiger partial charge in [-0.25, -0.2) is 0 Å². The molecule has 1 aliphatic heterocycles. The summed E-state index contributed by atoms with van der Waals surface area (Å²) >= 11 is 0. The third kappa shape index (κ3) is 4.25. The van der Waals surface area contributed by atoms with E-state index in [1.807, 2.05) is 25.7 Å². The maximum absolute atomic E-state index is 12.2. The van der Waals surface area contributed by atoms with E-state index in [9.17, 15) is 4.79 Å². The highest BCUT2D eigenvalue weighted by molar-refractivity contribution is 5.78. The van der Waals surface area contributed by atoms with Gasteiger partial charge < -0.3 is 14.4 Å². The van der Waals surface area contributed by atoms with Gasteiger partial charge >= 0.3 is 0 Å². The molecule has 0 radical (unpaired) electrons. The first-order valence-corrected chi connectivity index (χ1v) is 6.97. The van der Waals surface area contributed by atoms with Crippen LogP contribution in [-0.2, 0) is 14.3 Å². The van der Waals surface area contributed by atoms with Crippen molar-refractivity contribution in [3.63, 3.8) is 0 Å². The third-order valence-corrected chi connectivity index (χ3v) is 3.42. The Morgan fingerprint density at radius 3 is 2.56 bits per heavy atom. The van der Waals surface area contributed by atoms with Crippen molar-refractivity contribution in [2.24, 2.45) is 5.92 Å². The van der Waals surface area contributed by atoms with Crippen molar-refractivity contribution in [2.75, 3.05) is 26.4 Å². The van der Waals surface area contributed by atoms with Crippen LogP contribution in [0.15, 0.2) is 0 Å². The van der Waals surface area contributed by atoms with E-state index >= 15 is 0 Å². The van der Waals surface area contributed by atoms with E-state index in [-0.39, 0.29) is 18.1 Å². The smallest absolute Gasteiger partial charge is 0.248 e. The van der Waals surface area contributed by atoms with E-state index < -0.39 is 0 Å². The molecular weight excluding hydrogens is 230 g/mol. The normalized spacial score (nSPS) is 24.3. The molecule has 0 aromatic carbocycles. The fourth-order valence-electron chi connectivity index (χ4n) is 2.21. The standard InChI is InChI=1S/C14H25NO3/c1-14(2,3)18-10-13(16)15(12-4-5-12)8-11-6-7-17-9-11/h11-12H,4-10H2,1-3H3. The first-order valence-electron chi connectivity index (χ1n) is 6.97. The number of hydrogen-bond donors (Lipinski definition) is 0. The van der Waals surface area contributed by atoms with Gasteiger partial charge in [0, 0.05) is 25.1 Å².